The Labute approximate surface area is 112 Å². The molecule has 1 fully saturated rings. The van der Waals surface area contributed by atoms with Gasteiger partial charge in [-0.15, -0.1) is 0 Å². The van der Waals surface area contributed by atoms with Crippen LogP contribution in [0.5, 0.6) is 0 Å². The predicted octanol–water partition coefficient (Wildman–Crippen LogP) is 2.80. The van der Waals surface area contributed by atoms with Crippen LogP contribution in [0.1, 0.15) is 34.6 Å². The maximum absolute atomic E-state index is 12.0. The van der Waals surface area contributed by atoms with Gasteiger partial charge in [0.05, 0.1) is 24.8 Å². The molecule has 100 valence electrons. The van der Waals surface area contributed by atoms with Gasteiger partial charge in [-0.25, -0.2) is 4.79 Å². The van der Waals surface area contributed by atoms with E-state index in [-0.39, 0.29) is 17.8 Å². The maximum atomic E-state index is 12.0. The van der Waals surface area contributed by atoms with E-state index in [1.807, 2.05) is 34.6 Å². The minimum Gasteiger partial charge on any atom is -0.444 e. The maximum Gasteiger partial charge on any atom is 0.410 e. The van der Waals surface area contributed by atoms with Gasteiger partial charge >= 0.3 is 6.09 Å². The monoisotopic (exact) mass is 307 g/mol. The van der Waals surface area contributed by atoms with E-state index in [4.69, 9.17) is 9.47 Å². The molecule has 4 nitrogen and oxygen atoms in total. The van der Waals surface area contributed by atoms with Crippen LogP contribution in [0.4, 0.5) is 4.79 Å². The van der Waals surface area contributed by atoms with E-state index in [1.165, 1.54) is 0 Å². The molecule has 1 aliphatic rings. The number of alkyl halides is 1. The summed E-state index contributed by atoms with van der Waals surface area (Å²) >= 11 is 3.40. The molecule has 0 aromatic carbocycles. The zero-order chi connectivity index (χ0) is 13.3. The first-order valence-electron chi connectivity index (χ1n) is 5.85. The lowest BCUT2D eigenvalue weighted by atomic mass is 10.1. The standard InChI is InChI=1S/C12H22BrNO3/c1-11(2,3)17-10(15)14-7-9(6-13)16-12(4,5)8-14/h9H,6-8H2,1-5H3. The highest BCUT2D eigenvalue weighted by Crippen LogP contribution is 2.23. The molecule has 0 radical (unpaired) electrons. The largest absolute Gasteiger partial charge is 0.444 e. The van der Waals surface area contributed by atoms with Gasteiger partial charge in [-0.3, -0.25) is 0 Å². The normalized spacial score (nSPS) is 24.6. The van der Waals surface area contributed by atoms with Crippen LogP contribution in [0, 0.1) is 0 Å². The third-order valence-corrected chi connectivity index (χ3v) is 3.03. The Morgan fingerprint density at radius 2 is 2.12 bits per heavy atom. The lowest BCUT2D eigenvalue weighted by molar-refractivity contribution is -0.124. The Hall–Kier alpha value is -0.290. The molecule has 0 saturated carbocycles. The molecule has 1 unspecified atom stereocenters. The van der Waals surface area contributed by atoms with Crippen molar-refractivity contribution in [2.24, 2.45) is 0 Å². The number of morpholine rings is 1. The van der Waals surface area contributed by atoms with Gasteiger partial charge in [0.2, 0.25) is 0 Å². The molecule has 0 aromatic heterocycles. The van der Waals surface area contributed by atoms with Gasteiger partial charge in [0.15, 0.2) is 0 Å². The molecule has 1 heterocycles. The van der Waals surface area contributed by atoms with Crippen LogP contribution in [0.3, 0.4) is 0 Å². The minimum atomic E-state index is -0.455. The second-order valence-electron chi connectivity index (χ2n) is 6.01. The first kappa shape index (κ1) is 14.8. The van der Waals surface area contributed by atoms with Gasteiger partial charge in [-0.05, 0) is 34.6 Å². The highest BCUT2D eigenvalue weighted by atomic mass is 79.9. The number of carbonyl (C=O) groups excluding carboxylic acids is 1. The van der Waals surface area contributed by atoms with Gasteiger partial charge in [0.25, 0.3) is 0 Å². The SMILES string of the molecule is CC(C)(C)OC(=O)N1CC(CBr)OC(C)(C)C1. The molecular formula is C12H22BrNO3. The average molecular weight is 308 g/mol. The lowest BCUT2D eigenvalue weighted by Crippen LogP contribution is -2.55. The van der Waals surface area contributed by atoms with Crippen LogP contribution < -0.4 is 0 Å². The number of halogens is 1. The summed E-state index contributed by atoms with van der Waals surface area (Å²) in [5.41, 5.74) is -0.781. The molecule has 0 N–H and O–H groups in total. The third kappa shape index (κ3) is 4.84. The lowest BCUT2D eigenvalue weighted by Gasteiger charge is -2.42. The number of nitrogens with zero attached hydrogens (tertiary/aromatic N) is 1. The fourth-order valence-corrected chi connectivity index (χ4v) is 2.18. The molecule has 0 aromatic rings. The van der Waals surface area contributed by atoms with Crippen molar-refractivity contribution in [2.45, 2.75) is 51.9 Å². The van der Waals surface area contributed by atoms with Crippen molar-refractivity contribution in [1.82, 2.24) is 4.90 Å². The van der Waals surface area contributed by atoms with Crippen molar-refractivity contribution in [3.8, 4) is 0 Å². The van der Waals surface area contributed by atoms with Crippen molar-refractivity contribution in [2.75, 3.05) is 18.4 Å². The topological polar surface area (TPSA) is 38.8 Å². The molecule has 0 spiro atoms. The van der Waals surface area contributed by atoms with Crippen LogP contribution in [0.2, 0.25) is 0 Å². The first-order valence-corrected chi connectivity index (χ1v) is 6.97. The van der Waals surface area contributed by atoms with Crippen molar-refractivity contribution in [3.63, 3.8) is 0 Å². The second-order valence-corrected chi connectivity index (χ2v) is 6.66. The molecule has 1 atom stereocenters. The van der Waals surface area contributed by atoms with Gasteiger partial charge < -0.3 is 14.4 Å². The van der Waals surface area contributed by atoms with Crippen molar-refractivity contribution in [3.05, 3.63) is 0 Å². The molecular weight excluding hydrogens is 286 g/mol. The fourth-order valence-electron chi connectivity index (χ4n) is 1.84. The molecule has 5 heteroatoms. The summed E-state index contributed by atoms with van der Waals surface area (Å²) in [5.74, 6) is 0. The van der Waals surface area contributed by atoms with Crippen molar-refractivity contribution < 1.29 is 14.3 Å². The molecule has 1 amide bonds. The summed E-state index contributed by atoms with van der Waals surface area (Å²) in [6.45, 7) is 10.7. The Morgan fingerprint density at radius 1 is 1.53 bits per heavy atom. The van der Waals surface area contributed by atoms with Crippen LogP contribution >= 0.6 is 15.9 Å². The number of rotatable bonds is 1. The summed E-state index contributed by atoms with van der Waals surface area (Å²) in [6, 6.07) is 0. The third-order valence-electron chi connectivity index (χ3n) is 2.31. The Kier molecular flexibility index (Phi) is 4.47. The smallest absolute Gasteiger partial charge is 0.410 e. The summed E-state index contributed by atoms with van der Waals surface area (Å²) in [6.07, 6.45) is -0.244. The molecule has 1 rings (SSSR count). The minimum absolute atomic E-state index is 0.0197. The fraction of sp³-hybridized carbons (Fsp3) is 0.917. The quantitative estimate of drug-likeness (QED) is 0.699. The Morgan fingerprint density at radius 3 is 2.59 bits per heavy atom. The van der Waals surface area contributed by atoms with E-state index < -0.39 is 5.60 Å². The number of hydrogen-bond donors (Lipinski definition) is 0. The predicted molar refractivity (Wildman–Crippen MR) is 70.6 cm³/mol. The number of hydrogen-bond acceptors (Lipinski definition) is 3. The van der Waals surface area contributed by atoms with Gasteiger partial charge in [0, 0.05) is 5.33 Å². The number of amides is 1. The summed E-state index contributed by atoms with van der Waals surface area (Å²) in [5, 5.41) is 0.718. The zero-order valence-electron chi connectivity index (χ0n) is 11.2. The summed E-state index contributed by atoms with van der Waals surface area (Å²) in [7, 11) is 0. The van der Waals surface area contributed by atoms with Gasteiger partial charge in [-0.2, -0.15) is 0 Å². The molecule has 0 aliphatic carbocycles. The van der Waals surface area contributed by atoms with Crippen LogP contribution in [-0.4, -0.2) is 46.7 Å². The highest BCUT2D eigenvalue weighted by Gasteiger charge is 2.36. The van der Waals surface area contributed by atoms with Crippen LogP contribution in [0.25, 0.3) is 0 Å². The van der Waals surface area contributed by atoms with E-state index in [1.54, 1.807) is 4.90 Å². The molecule has 1 aliphatic heterocycles. The van der Waals surface area contributed by atoms with E-state index in [9.17, 15) is 4.79 Å². The van der Waals surface area contributed by atoms with E-state index in [2.05, 4.69) is 15.9 Å². The molecule has 17 heavy (non-hydrogen) atoms. The van der Waals surface area contributed by atoms with E-state index >= 15 is 0 Å². The Balaban J connectivity index is 2.67. The van der Waals surface area contributed by atoms with Gasteiger partial charge in [-0.1, -0.05) is 15.9 Å². The van der Waals surface area contributed by atoms with Crippen molar-refractivity contribution in [1.29, 1.82) is 0 Å². The number of carbonyl (C=O) groups is 1. The van der Waals surface area contributed by atoms with Crippen LogP contribution in [-0.2, 0) is 9.47 Å². The summed E-state index contributed by atoms with van der Waals surface area (Å²) in [4.78, 5) is 13.7. The van der Waals surface area contributed by atoms with E-state index in [0.717, 1.165) is 5.33 Å². The van der Waals surface area contributed by atoms with Gasteiger partial charge in [0.1, 0.15) is 5.60 Å². The first-order chi connectivity index (χ1) is 7.63. The van der Waals surface area contributed by atoms with E-state index in [0.29, 0.717) is 13.1 Å². The second kappa shape index (κ2) is 5.14. The number of ether oxygens (including phenoxy) is 2. The van der Waals surface area contributed by atoms with Crippen LogP contribution in [0.15, 0.2) is 0 Å². The molecule has 1 saturated heterocycles. The highest BCUT2D eigenvalue weighted by molar-refractivity contribution is 9.09. The zero-order valence-corrected chi connectivity index (χ0v) is 12.8. The summed E-state index contributed by atoms with van der Waals surface area (Å²) < 4.78 is 11.2. The average Bonchev–Trinajstić information content (AvgIpc) is 2.12. The Bertz CT molecular complexity index is 286. The molecule has 0 bridgehead atoms. The van der Waals surface area contributed by atoms with Crippen molar-refractivity contribution >= 4 is 22.0 Å².